The topological polar surface area (TPSA) is 79.1 Å². The van der Waals surface area contributed by atoms with Gasteiger partial charge in [-0.05, 0) is 42.7 Å². The molecule has 0 bridgehead atoms. The molecule has 4 heteroatoms. The van der Waals surface area contributed by atoms with Crippen LogP contribution in [-0.2, 0) is 6.54 Å². The number of nitrogens with zero attached hydrogens (tertiary/aromatic N) is 1. The van der Waals surface area contributed by atoms with Crippen LogP contribution in [0.3, 0.4) is 0 Å². The molecule has 1 fully saturated rings. The van der Waals surface area contributed by atoms with Gasteiger partial charge in [-0.3, -0.25) is 5.41 Å². The lowest BCUT2D eigenvalue weighted by molar-refractivity contribution is 0.253. The minimum absolute atomic E-state index is 0.204. The fraction of sp³-hybridized carbons (Fsp3) is 0.467. The van der Waals surface area contributed by atoms with Crippen LogP contribution in [-0.4, -0.2) is 23.9 Å². The summed E-state index contributed by atoms with van der Waals surface area (Å²) < 4.78 is 0. The molecule has 1 unspecified atom stereocenters. The lowest BCUT2D eigenvalue weighted by Crippen LogP contribution is -2.43. The summed E-state index contributed by atoms with van der Waals surface area (Å²) in [5, 5.41) is 7.51. The SMILES string of the molecule is N=C(N)N1CCCC(C[CH]c2cccc(CN)c2)C1. The second-order valence-corrected chi connectivity index (χ2v) is 5.23. The molecule has 1 saturated heterocycles. The smallest absolute Gasteiger partial charge is 0.188 e. The summed E-state index contributed by atoms with van der Waals surface area (Å²) in [6.07, 6.45) is 5.66. The Morgan fingerprint density at radius 3 is 3.05 bits per heavy atom. The van der Waals surface area contributed by atoms with Gasteiger partial charge in [0.25, 0.3) is 0 Å². The zero-order valence-electron chi connectivity index (χ0n) is 11.3. The Balaban J connectivity index is 1.86. The highest BCUT2D eigenvalue weighted by molar-refractivity contribution is 5.74. The highest BCUT2D eigenvalue weighted by Gasteiger charge is 2.20. The maximum absolute atomic E-state index is 7.51. The Bertz CT molecular complexity index is 430. The Labute approximate surface area is 115 Å². The number of nitrogens with two attached hydrogens (primary N) is 2. The molecule has 1 aliphatic rings. The van der Waals surface area contributed by atoms with Crippen molar-refractivity contribution in [3.05, 3.63) is 41.8 Å². The van der Waals surface area contributed by atoms with Crippen LogP contribution in [0, 0.1) is 17.7 Å². The predicted molar refractivity (Wildman–Crippen MR) is 78.6 cm³/mol. The molecule has 5 N–H and O–H groups in total. The van der Waals surface area contributed by atoms with Gasteiger partial charge in [0.15, 0.2) is 5.96 Å². The van der Waals surface area contributed by atoms with Gasteiger partial charge in [-0.1, -0.05) is 24.3 Å². The first kappa shape index (κ1) is 13.9. The lowest BCUT2D eigenvalue weighted by Gasteiger charge is -2.33. The molecule has 0 spiro atoms. The van der Waals surface area contributed by atoms with Crippen molar-refractivity contribution in [1.82, 2.24) is 4.90 Å². The van der Waals surface area contributed by atoms with Crippen LogP contribution in [0.4, 0.5) is 0 Å². The second-order valence-electron chi connectivity index (χ2n) is 5.23. The van der Waals surface area contributed by atoms with Crippen molar-refractivity contribution in [3.63, 3.8) is 0 Å². The highest BCUT2D eigenvalue weighted by atomic mass is 15.2. The molecule has 4 nitrogen and oxygen atoms in total. The zero-order valence-corrected chi connectivity index (χ0v) is 11.3. The maximum atomic E-state index is 7.51. The first-order valence-electron chi connectivity index (χ1n) is 6.90. The Morgan fingerprint density at radius 1 is 1.47 bits per heavy atom. The van der Waals surface area contributed by atoms with Gasteiger partial charge in [0.05, 0.1) is 0 Å². The van der Waals surface area contributed by atoms with E-state index in [9.17, 15) is 0 Å². The van der Waals surface area contributed by atoms with Gasteiger partial charge < -0.3 is 16.4 Å². The molecule has 1 aromatic rings. The summed E-state index contributed by atoms with van der Waals surface area (Å²) in [5.41, 5.74) is 13.6. The summed E-state index contributed by atoms with van der Waals surface area (Å²) in [5.74, 6) is 0.800. The molecule has 103 valence electrons. The van der Waals surface area contributed by atoms with Crippen LogP contribution in [0.2, 0.25) is 0 Å². The normalized spacial score (nSPS) is 19.4. The molecule has 1 aromatic carbocycles. The van der Waals surface area contributed by atoms with Crippen LogP contribution < -0.4 is 11.5 Å². The van der Waals surface area contributed by atoms with E-state index in [2.05, 4.69) is 30.7 Å². The number of hydrogen-bond donors (Lipinski definition) is 3. The van der Waals surface area contributed by atoms with Crippen molar-refractivity contribution in [2.24, 2.45) is 17.4 Å². The molecule has 0 amide bonds. The second kappa shape index (κ2) is 6.57. The molecule has 0 aromatic heterocycles. The lowest BCUT2D eigenvalue weighted by atomic mass is 9.91. The van der Waals surface area contributed by atoms with Crippen molar-refractivity contribution < 1.29 is 0 Å². The largest absolute Gasteiger partial charge is 0.370 e. The van der Waals surface area contributed by atoms with E-state index in [1.54, 1.807) is 0 Å². The quantitative estimate of drug-likeness (QED) is 0.568. The minimum Gasteiger partial charge on any atom is -0.370 e. The summed E-state index contributed by atoms with van der Waals surface area (Å²) >= 11 is 0. The summed E-state index contributed by atoms with van der Waals surface area (Å²) in [6, 6.07) is 8.36. The fourth-order valence-electron chi connectivity index (χ4n) is 2.63. The molecule has 1 heterocycles. The number of guanidine groups is 1. The van der Waals surface area contributed by atoms with E-state index in [0.717, 1.165) is 25.9 Å². The third-order valence-corrected chi connectivity index (χ3v) is 3.73. The Hall–Kier alpha value is -1.55. The van der Waals surface area contributed by atoms with Crippen LogP contribution in [0.1, 0.15) is 30.4 Å². The molecule has 0 saturated carbocycles. The first-order chi connectivity index (χ1) is 9.19. The Kier molecular flexibility index (Phi) is 4.80. The summed E-state index contributed by atoms with van der Waals surface area (Å²) in [6.45, 7) is 2.42. The predicted octanol–water partition coefficient (Wildman–Crippen LogP) is 1.69. The molecule has 19 heavy (non-hydrogen) atoms. The van der Waals surface area contributed by atoms with E-state index in [1.165, 1.54) is 17.5 Å². The number of hydrogen-bond acceptors (Lipinski definition) is 2. The third-order valence-electron chi connectivity index (χ3n) is 3.73. The van der Waals surface area contributed by atoms with Gasteiger partial charge in [0.2, 0.25) is 0 Å². The minimum atomic E-state index is 0.204. The van der Waals surface area contributed by atoms with E-state index in [0.29, 0.717) is 12.5 Å². The van der Waals surface area contributed by atoms with Gasteiger partial charge >= 0.3 is 0 Å². The van der Waals surface area contributed by atoms with Crippen molar-refractivity contribution in [2.75, 3.05) is 13.1 Å². The average molecular weight is 259 g/mol. The zero-order chi connectivity index (χ0) is 13.7. The van der Waals surface area contributed by atoms with Crippen LogP contribution in [0.15, 0.2) is 24.3 Å². The number of rotatable bonds is 4. The molecular weight excluding hydrogens is 236 g/mol. The van der Waals surface area contributed by atoms with E-state index < -0.39 is 0 Å². The van der Waals surface area contributed by atoms with Crippen molar-refractivity contribution in [3.8, 4) is 0 Å². The number of piperidine rings is 1. The standard InChI is InChI=1S/C15H23N4/c16-10-14-4-1-3-12(9-14)6-7-13-5-2-8-19(11-13)15(17)18/h1,3-4,6,9,13H,2,5,7-8,10-11,16H2,(H3,17,18). The average Bonchev–Trinajstić information content (AvgIpc) is 2.45. The van der Waals surface area contributed by atoms with Gasteiger partial charge in [-0.2, -0.15) is 0 Å². The number of nitrogens with one attached hydrogen (secondary N) is 1. The molecule has 2 rings (SSSR count). The van der Waals surface area contributed by atoms with Gasteiger partial charge in [0.1, 0.15) is 0 Å². The van der Waals surface area contributed by atoms with E-state index >= 15 is 0 Å². The monoisotopic (exact) mass is 259 g/mol. The van der Waals surface area contributed by atoms with Crippen molar-refractivity contribution >= 4 is 5.96 Å². The van der Waals surface area contributed by atoms with Crippen LogP contribution in [0.25, 0.3) is 0 Å². The fourth-order valence-corrected chi connectivity index (χ4v) is 2.63. The summed E-state index contributed by atoms with van der Waals surface area (Å²) in [4.78, 5) is 1.97. The molecule has 1 aliphatic heterocycles. The summed E-state index contributed by atoms with van der Waals surface area (Å²) in [7, 11) is 0. The molecular formula is C15H23N4. The van der Waals surface area contributed by atoms with Crippen LogP contribution in [0.5, 0.6) is 0 Å². The van der Waals surface area contributed by atoms with E-state index in [4.69, 9.17) is 16.9 Å². The van der Waals surface area contributed by atoms with Crippen molar-refractivity contribution in [2.45, 2.75) is 25.8 Å². The maximum Gasteiger partial charge on any atom is 0.188 e. The Morgan fingerprint density at radius 2 is 2.32 bits per heavy atom. The first-order valence-corrected chi connectivity index (χ1v) is 6.90. The van der Waals surface area contributed by atoms with Crippen LogP contribution >= 0.6 is 0 Å². The number of likely N-dealkylation sites (tertiary alicyclic amines) is 1. The van der Waals surface area contributed by atoms with Gasteiger partial charge in [-0.15, -0.1) is 0 Å². The molecule has 1 radical (unpaired) electrons. The highest BCUT2D eigenvalue weighted by Crippen LogP contribution is 2.22. The third kappa shape index (κ3) is 3.96. The van der Waals surface area contributed by atoms with Crippen molar-refractivity contribution in [1.29, 1.82) is 5.41 Å². The van der Waals surface area contributed by atoms with E-state index in [1.807, 2.05) is 4.90 Å². The van der Waals surface area contributed by atoms with E-state index in [-0.39, 0.29) is 5.96 Å². The number of benzene rings is 1. The van der Waals surface area contributed by atoms with Gasteiger partial charge in [0, 0.05) is 19.6 Å². The molecule has 1 atom stereocenters. The van der Waals surface area contributed by atoms with Gasteiger partial charge in [-0.25, -0.2) is 0 Å². The molecule has 0 aliphatic carbocycles.